The van der Waals surface area contributed by atoms with E-state index in [-0.39, 0.29) is 0 Å². The van der Waals surface area contributed by atoms with Crippen molar-refractivity contribution in [2.45, 2.75) is 13.8 Å². The quantitative estimate of drug-likeness (QED) is 0.368. The Labute approximate surface area is 122 Å². The van der Waals surface area contributed by atoms with Gasteiger partial charge in [-0.15, -0.1) is 11.3 Å². The minimum Gasteiger partial charge on any atom is -0.313 e. The Hall–Kier alpha value is -2.20. The molecule has 2 rings (SSSR count). The Balaban J connectivity index is 1.92. The fraction of sp³-hybridized carbons (Fsp3) is 0.125. The normalized spacial score (nSPS) is 11.8. The number of thiophene rings is 1. The van der Waals surface area contributed by atoms with Gasteiger partial charge in [-0.2, -0.15) is 0 Å². The molecular formula is C16H15NO2S. The van der Waals surface area contributed by atoms with Gasteiger partial charge in [-0.25, -0.2) is 4.79 Å². The molecule has 0 N–H and O–H groups in total. The average Bonchev–Trinajstić information content (AvgIpc) is 2.98. The van der Waals surface area contributed by atoms with Crippen LogP contribution in [0.5, 0.6) is 0 Å². The summed E-state index contributed by atoms with van der Waals surface area (Å²) in [7, 11) is 0. The molecule has 0 aliphatic heterocycles. The Bertz CT molecular complexity index is 625. The third-order valence-electron chi connectivity index (χ3n) is 2.64. The first-order valence-electron chi connectivity index (χ1n) is 6.19. The molecule has 1 heterocycles. The van der Waals surface area contributed by atoms with E-state index in [0.29, 0.717) is 5.71 Å². The molecule has 0 fully saturated rings. The van der Waals surface area contributed by atoms with E-state index in [0.717, 1.165) is 10.4 Å². The molecule has 3 nitrogen and oxygen atoms in total. The zero-order valence-corrected chi connectivity index (χ0v) is 12.2. The molecule has 0 spiro atoms. The molecule has 2 aromatic rings. The minimum absolute atomic E-state index is 0.485. The molecule has 0 unspecified atom stereocenters. The van der Waals surface area contributed by atoms with E-state index in [1.54, 1.807) is 17.4 Å². The van der Waals surface area contributed by atoms with Crippen LogP contribution in [0.1, 0.15) is 22.9 Å². The maximum absolute atomic E-state index is 11.5. The van der Waals surface area contributed by atoms with Gasteiger partial charge in [-0.1, -0.05) is 41.1 Å². The summed E-state index contributed by atoms with van der Waals surface area (Å²) >= 11 is 1.55. The maximum atomic E-state index is 11.5. The molecule has 20 heavy (non-hydrogen) atoms. The summed E-state index contributed by atoms with van der Waals surface area (Å²) in [5, 5.41) is 5.77. The van der Waals surface area contributed by atoms with Crippen LogP contribution in [0, 0.1) is 6.92 Å². The van der Waals surface area contributed by atoms with Gasteiger partial charge in [0.2, 0.25) is 0 Å². The van der Waals surface area contributed by atoms with Crippen LogP contribution in [0.25, 0.3) is 6.08 Å². The summed E-state index contributed by atoms with van der Waals surface area (Å²) in [5.74, 6) is -0.485. The molecule has 0 amide bonds. The van der Waals surface area contributed by atoms with Crippen LogP contribution < -0.4 is 0 Å². The number of rotatable bonds is 4. The lowest BCUT2D eigenvalue weighted by Crippen LogP contribution is -1.98. The fourth-order valence-corrected chi connectivity index (χ4v) is 2.18. The van der Waals surface area contributed by atoms with Crippen molar-refractivity contribution in [3.05, 3.63) is 63.9 Å². The number of nitrogens with zero attached hydrogens (tertiary/aromatic N) is 1. The standard InChI is InChI=1S/C16H15NO2S/c1-12-5-7-14(8-6-12)9-10-16(18)19-17-13(2)15-4-3-11-20-15/h3-11H,1-2H3. The summed E-state index contributed by atoms with van der Waals surface area (Å²) in [6, 6.07) is 11.7. The molecule has 0 atom stereocenters. The van der Waals surface area contributed by atoms with Crippen LogP contribution in [0.2, 0.25) is 0 Å². The van der Waals surface area contributed by atoms with Gasteiger partial charge >= 0.3 is 5.97 Å². The molecule has 102 valence electrons. The molecule has 1 aromatic carbocycles. The first-order chi connectivity index (χ1) is 9.65. The number of benzene rings is 1. The van der Waals surface area contributed by atoms with Crippen molar-refractivity contribution in [1.82, 2.24) is 0 Å². The highest BCUT2D eigenvalue weighted by Crippen LogP contribution is 2.10. The number of carbonyl (C=O) groups excluding carboxylic acids is 1. The van der Waals surface area contributed by atoms with Crippen LogP contribution in [0.15, 0.2) is 53.0 Å². The van der Waals surface area contributed by atoms with Gasteiger partial charge < -0.3 is 4.84 Å². The van der Waals surface area contributed by atoms with Crippen LogP contribution in [0.4, 0.5) is 0 Å². The van der Waals surface area contributed by atoms with E-state index < -0.39 is 5.97 Å². The molecule has 0 aliphatic carbocycles. The first-order valence-corrected chi connectivity index (χ1v) is 7.07. The van der Waals surface area contributed by atoms with E-state index in [9.17, 15) is 4.79 Å². The summed E-state index contributed by atoms with van der Waals surface area (Å²) in [5.41, 5.74) is 2.82. The van der Waals surface area contributed by atoms with Crippen LogP contribution in [-0.4, -0.2) is 11.7 Å². The van der Waals surface area contributed by atoms with Crippen LogP contribution >= 0.6 is 11.3 Å². The highest BCUT2D eigenvalue weighted by Gasteiger charge is 2.01. The van der Waals surface area contributed by atoms with Crippen molar-refractivity contribution >= 4 is 29.1 Å². The van der Waals surface area contributed by atoms with E-state index in [4.69, 9.17) is 4.84 Å². The van der Waals surface area contributed by atoms with Gasteiger partial charge in [0.1, 0.15) is 0 Å². The third kappa shape index (κ3) is 4.17. The maximum Gasteiger partial charge on any atom is 0.358 e. The topological polar surface area (TPSA) is 38.7 Å². The van der Waals surface area contributed by atoms with Crippen molar-refractivity contribution < 1.29 is 9.63 Å². The zero-order chi connectivity index (χ0) is 14.4. The summed E-state index contributed by atoms with van der Waals surface area (Å²) in [6.45, 7) is 3.83. The van der Waals surface area contributed by atoms with E-state index in [1.165, 1.54) is 11.6 Å². The highest BCUT2D eigenvalue weighted by molar-refractivity contribution is 7.12. The second-order valence-electron chi connectivity index (χ2n) is 4.31. The van der Waals surface area contributed by atoms with Crippen molar-refractivity contribution in [3.8, 4) is 0 Å². The van der Waals surface area contributed by atoms with Crippen molar-refractivity contribution in [2.24, 2.45) is 5.16 Å². The second kappa shape index (κ2) is 6.82. The number of hydrogen-bond acceptors (Lipinski definition) is 4. The van der Waals surface area contributed by atoms with Gasteiger partial charge in [0.15, 0.2) is 0 Å². The summed E-state index contributed by atoms with van der Waals surface area (Å²) < 4.78 is 0. The molecule has 0 saturated carbocycles. The Kier molecular flexibility index (Phi) is 4.85. The van der Waals surface area contributed by atoms with Gasteiger partial charge in [-0.05, 0) is 36.9 Å². The molecule has 0 aliphatic rings. The molecule has 0 saturated heterocycles. The van der Waals surface area contributed by atoms with Crippen LogP contribution in [-0.2, 0) is 9.63 Å². The summed E-state index contributed by atoms with van der Waals surface area (Å²) in [4.78, 5) is 17.4. The van der Waals surface area contributed by atoms with E-state index in [2.05, 4.69) is 5.16 Å². The minimum atomic E-state index is -0.485. The third-order valence-corrected chi connectivity index (χ3v) is 3.62. The fourth-order valence-electron chi connectivity index (χ4n) is 1.52. The number of aryl methyl sites for hydroxylation is 1. The average molecular weight is 285 g/mol. The number of carbonyl (C=O) groups is 1. The SMILES string of the molecule is CC(=NOC(=O)C=Cc1ccc(C)cc1)c1cccs1. The molecule has 1 aromatic heterocycles. The lowest BCUT2D eigenvalue weighted by atomic mass is 10.1. The Morgan fingerprint density at radius 3 is 2.65 bits per heavy atom. The molecular weight excluding hydrogens is 270 g/mol. The highest BCUT2D eigenvalue weighted by atomic mass is 32.1. The van der Waals surface area contributed by atoms with Crippen molar-refractivity contribution in [1.29, 1.82) is 0 Å². The predicted octanol–water partition coefficient (Wildman–Crippen LogP) is 4.04. The van der Waals surface area contributed by atoms with Crippen LogP contribution in [0.3, 0.4) is 0 Å². The first kappa shape index (κ1) is 14.2. The van der Waals surface area contributed by atoms with Gasteiger partial charge in [0, 0.05) is 6.08 Å². The lowest BCUT2D eigenvalue weighted by molar-refractivity contribution is -0.137. The monoisotopic (exact) mass is 285 g/mol. The predicted molar refractivity (Wildman–Crippen MR) is 82.8 cm³/mol. The largest absolute Gasteiger partial charge is 0.358 e. The Morgan fingerprint density at radius 1 is 1.25 bits per heavy atom. The smallest absolute Gasteiger partial charge is 0.313 e. The molecule has 0 radical (unpaired) electrons. The number of hydrogen-bond donors (Lipinski definition) is 0. The van der Waals surface area contributed by atoms with Gasteiger partial charge in [0.05, 0.1) is 10.6 Å². The molecule has 0 bridgehead atoms. The number of oxime groups is 1. The zero-order valence-electron chi connectivity index (χ0n) is 11.4. The second-order valence-corrected chi connectivity index (χ2v) is 5.26. The Morgan fingerprint density at radius 2 is 2.00 bits per heavy atom. The van der Waals surface area contributed by atoms with Crippen molar-refractivity contribution in [2.75, 3.05) is 0 Å². The van der Waals surface area contributed by atoms with E-state index >= 15 is 0 Å². The van der Waals surface area contributed by atoms with Gasteiger partial charge in [0.25, 0.3) is 0 Å². The molecule has 4 heteroatoms. The van der Waals surface area contributed by atoms with Gasteiger partial charge in [-0.3, -0.25) is 0 Å². The lowest BCUT2D eigenvalue weighted by Gasteiger charge is -1.96. The van der Waals surface area contributed by atoms with E-state index in [1.807, 2.05) is 55.6 Å². The van der Waals surface area contributed by atoms with Crippen molar-refractivity contribution in [3.63, 3.8) is 0 Å². The summed E-state index contributed by atoms with van der Waals surface area (Å²) in [6.07, 6.45) is 3.08.